The first-order chi connectivity index (χ1) is 11.3. The maximum atomic E-state index is 11.9. The lowest BCUT2D eigenvalue weighted by Crippen LogP contribution is -2.09. The second-order valence-corrected chi connectivity index (χ2v) is 6.38. The largest absolute Gasteiger partial charge is 0.354 e. The molecule has 0 spiro atoms. The number of amides is 1. The Morgan fingerprint density at radius 3 is 2.09 bits per heavy atom. The van der Waals surface area contributed by atoms with Crippen molar-refractivity contribution in [1.82, 2.24) is 4.57 Å². The van der Waals surface area contributed by atoms with Crippen molar-refractivity contribution < 1.29 is 4.79 Å². The van der Waals surface area contributed by atoms with E-state index in [1.807, 2.05) is 24.5 Å². The van der Waals surface area contributed by atoms with E-state index in [4.69, 9.17) is 0 Å². The molecule has 3 heteroatoms. The highest BCUT2D eigenvalue weighted by molar-refractivity contribution is 5.76. The minimum Gasteiger partial charge on any atom is -0.354 e. The number of hydrogen-bond acceptors (Lipinski definition) is 1. The van der Waals surface area contributed by atoms with Gasteiger partial charge in [-0.1, -0.05) is 65.2 Å². The Morgan fingerprint density at radius 1 is 0.870 bits per heavy atom. The topological polar surface area (TPSA) is 34.4 Å². The van der Waals surface area contributed by atoms with Crippen LogP contribution in [-0.2, 0) is 11.3 Å². The molecule has 1 heterocycles. The lowest BCUT2D eigenvalue weighted by molar-refractivity contribution is -0.118. The first-order valence-corrected chi connectivity index (χ1v) is 9.50. The molecule has 0 N–H and O–H groups in total. The Hall–Kier alpha value is -1.38. The summed E-state index contributed by atoms with van der Waals surface area (Å²) in [7, 11) is 0. The molecule has 0 saturated carbocycles. The van der Waals surface area contributed by atoms with Crippen molar-refractivity contribution >= 4 is 5.91 Å². The molecule has 1 aromatic rings. The Kier molecular flexibility index (Phi) is 11.2. The highest BCUT2D eigenvalue weighted by Crippen LogP contribution is 2.07. The molecule has 0 atom stereocenters. The van der Waals surface area contributed by atoms with Gasteiger partial charge in [-0.05, 0) is 25.0 Å². The number of aromatic nitrogens is 1. The van der Waals surface area contributed by atoms with Gasteiger partial charge in [0.15, 0.2) is 0 Å². The summed E-state index contributed by atoms with van der Waals surface area (Å²) in [5.41, 5.74) is 0. The molecule has 0 fully saturated rings. The van der Waals surface area contributed by atoms with E-state index in [1.165, 1.54) is 51.4 Å². The monoisotopic (exact) mass is 318 g/mol. The number of unbranched alkanes of at least 4 members (excludes halogenated alkanes) is 8. The number of carbonyl (C=O) groups is 1. The van der Waals surface area contributed by atoms with E-state index in [2.05, 4.69) is 23.4 Å². The number of hydrogen-bond donors (Lipinski definition) is 0. The van der Waals surface area contributed by atoms with Crippen LogP contribution in [0.25, 0.3) is 0 Å². The maximum Gasteiger partial charge on any atom is 0.246 e. The van der Waals surface area contributed by atoms with Gasteiger partial charge in [0, 0.05) is 25.4 Å². The van der Waals surface area contributed by atoms with Crippen LogP contribution in [0.4, 0.5) is 0 Å². The molecule has 0 aliphatic carbocycles. The molecular weight excluding hydrogens is 284 g/mol. The highest BCUT2D eigenvalue weighted by Gasteiger charge is 1.99. The van der Waals surface area contributed by atoms with Gasteiger partial charge in [0.25, 0.3) is 0 Å². The first-order valence-electron chi connectivity index (χ1n) is 9.50. The minimum absolute atomic E-state index is 0.0150. The minimum atomic E-state index is 0.0150. The Morgan fingerprint density at radius 2 is 1.43 bits per heavy atom. The summed E-state index contributed by atoms with van der Waals surface area (Å²) in [6, 6.07) is 3.89. The predicted octanol–water partition coefficient (Wildman–Crippen LogP) is 5.25. The van der Waals surface area contributed by atoms with Gasteiger partial charge in [-0.15, -0.1) is 0 Å². The van der Waals surface area contributed by atoms with Crippen molar-refractivity contribution in [1.29, 1.82) is 0 Å². The smallest absolute Gasteiger partial charge is 0.246 e. The van der Waals surface area contributed by atoms with Gasteiger partial charge >= 0.3 is 0 Å². The summed E-state index contributed by atoms with van der Waals surface area (Å²) in [6.45, 7) is 5.49. The summed E-state index contributed by atoms with van der Waals surface area (Å²) in [5, 5.41) is 0.783. The number of pyridine rings is 1. The zero-order valence-corrected chi connectivity index (χ0v) is 15.1. The average molecular weight is 319 g/mol. The molecule has 0 unspecified atom stereocenters. The van der Waals surface area contributed by atoms with Crippen molar-refractivity contribution in [2.24, 2.45) is 4.99 Å². The number of nitrogens with zero attached hydrogens (tertiary/aromatic N) is 2. The fourth-order valence-corrected chi connectivity index (χ4v) is 2.65. The molecular formula is C20H34N2O. The van der Waals surface area contributed by atoms with Gasteiger partial charge in [0.2, 0.25) is 5.91 Å². The van der Waals surface area contributed by atoms with Crippen molar-refractivity contribution in [2.75, 3.05) is 0 Å². The van der Waals surface area contributed by atoms with Gasteiger partial charge in [0.05, 0.1) is 5.36 Å². The van der Waals surface area contributed by atoms with Crippen LogP contribution >= 0.6 is 0 Å². The summed E-state index contributed by atoms with van der Waals surface area (Å²) in [6.07, 6.45) is 16.9. The van der Waals surface area contributed by atoms with Gasteiger partial charge in [0.1, 0.15) is 0 Å². The van der Waals surface area contributed by atoms with Gasteiger partial charge in [-0.25, -0.2) is 4.99 Å². The van der Waals surface area contributed by atoms with Crippen molar-refractivity contribution in [3.8, 4) is 0 Å². The summed E-state index contributed by atoms with van der Waals surface area (Å²) >= 11 is 0. The summed E-state index contributed by atoms with van der Waals surface area (Å²) in [4.78, 5) is 16.0. The van der Waals surface area contributed by atoms with Crippen LogP contribution in [0.5, 0.6) is 0 Å². The van der Waals surface area contributed by atoms with Crippen molar-refractivity contribution in [2.45, 2.75) is 91.0 Å². The Balaban J connectivity index is 2.28. The first kappa shape index (κ1) is 19.7. The van der Waals surface area contributed by atoms with Gasteiger partial charge in [-0.3, -0.25) is 4.79 Å². The Labute approximate surface area is 141 Å². The zero-order chi connectivity index (χ0) is 16.8. The van der Waals surface area contributed by atoms with Crippen LogP contribution < -0.4 is 5.36 Å². The van der Waals surface area contributed by atoms with E-state index >= 15 is 0 Å². The normalized spacial score (nSPS) is 10.7. The van der Waals surface area contributed by atoms with E-state index in [1.54, 1.807) is 0 Å². The summed E-state index contributed by atoms with van der Waals surface area (Å²) < 4.78 is 2.17. The standard InChI is InChI=1S/C20H34N2O/c1-3-5-7-9-10-11-13-20(23)21-19-14-17-22(18-15-19)16-12-8-6-4-2/h14-15,17-18H,3-13,16H2,1-2H3. The molecule has 1 rings (SSSR count). The molecule has 1 amide bonds. The van der Waals surface area contributed by atoms with E-state index in [0.717, 1.165) is 24.7 Å². The van der Waals surface area contributed by atoms with Crippen LogP contribution in [0.15, 0.2) is 29.5 Å². The predicted molar refractivity (Wildman–Crippen MR) is 97.1 cm³/mol. The molecule has 3 nitrogen and oxygen atoms in total. The second kappa shape index (κ2) is 13.1. The third-order valence-electron chi connectivity index (χ3n) is 4.14. The van der Waals surface area contributed by atoms with Gasteiger partial charge in [-0.2, -0.15) is 0 Å². The lowest BCUT2D eigenvalue weighted by atomic mass is 10.1. The zero-order valence-electron chi connectivity index (χ0n) is 15.1. The Bertz CT molecular complexity index is 470. The average Bonchev–Trinajstić information content (AvgIpc) is 2.56. The fraction of sp³-hybridized carbons (Fsp3) is 0.700. The van der Waals surface area contributed by atoms with Crippen LogP contribution in [0.1, 0.15) is 84.5 Å². The van der Waals surface area contributed by atoms with Crippen LogP contribution in [-0.4, -0.2) is 10.5 Å². The van der Waals surface area contributed by atoms with Crippen molar-refractivity contribution in [3.05, 3.63) is 29.9 Å². The molecule has 0 bridgehead atoms. The van der Waals surface area contributed by atoms with Crippen LogP contribution in [0.2, 0.25) is 0 Å². The number of aryl methyl sites for hydroxylation is 1. The van der Waals surface area contributed by atoms with E-state index in [0.29, 0.717) is 6.42 Å². The summed E-state index contributed by atoms with van der Waals surface area (Å²) in [5.74, 6) is 0.0150. The number of carbonyl (C=O) groups excluding carboxylic acids is 1. The van der Waals surface area contributed by atoms with Crippen LogP contribution in [0.3, 0.4) is 0 Å². The maximum absolute atomic E-state index is 11.9. The van der Waals surface area contributed by atoms with E-state index < -0.39 is 0 Å². The van der Waals surface area contributed by atoms with E-state index in [-0.39, 0.29) is 5.91 Å². The molecule has 23 heavy (non-hydrogen) atoms. The fourth-order valence-electron chi connectivity index (χ4n) is 2.65. The quantitative estimate of drug-likeness (QED) is 0.485. The lowest BCUT2D eigenvalue weighted by Gasteiger charge is -2.05. The molecule has 0 radical (unpaired) electrons. The van der Waals surface area contributed by atoms with Gasteiger partial charge < -0.3 is 4.57 Å². The molecule has 1 aromatic heterocycles. The third-order valence-corrected chi connectivity index (χ3v) is 4.14. The van der Waals surface area contributed by atoms with Crippen LogP contribution in [0, 0.1) is 0 Å². The third kappa shape index (κ3) is 10.1. The van der Waals surface area contributed by atoms with E-state index in [9.17, 15) is 4.79 Å². The highest BCUT2D eigenvalue weighted by atomic mass is 16.1. The second-order valence-electron chi connectivity index (χ2n) is 6.38. The number of rotatable bonds is 12. The molecule has 0 aliphatic rings. The molecule has 130 valence electrons. The SMILES string of the molecule is CCCCCCCCC(=O)N=c1ccn(CCCCCC)cc1. The van der Waals surface area contributed by atoms with Crippen molar-refractivity contribution in [3.63, 3.8) is 0 Å². The molecule has 0 aliphatic heterocycles. The molecule has 0 aromatic carbocycles. The molecule has 0 saturated heterocycles.